The van der Waals surface area contributed by atoms with Crippen LogP contribution in [0.3, 0.4) is 0 Å². The Kier molecular flexibility index (Phi) is 3.70. The number of nitrogens with zero attached hydrogens (tertiary/aromatic N) is 3. The van der Waals surface area contributed by atoms with Gasteiger partial charge in [0.1, 0.15) is 5.82 Å². The van der Waals surface area contributed by atoms with E-state index in [1.807, 2.05) is 19.1 Å². The maximum atomic E-state index is 10.9. The first-order chi connectivity index (χ1) is 9.06. The van der Waals surface area contributed by atoms with Crippen LogP contribution < -0.4 is 5.32 Å². The summed E-state index contributed by atoms with van der Waals surface area (Å²) in [6, 6.07) is 6.88. The number of benzene rings is 1. The molecule has 1 heterocycles. The maximum absolute atomic E-state index is 10.9. The van der Waals surface area contributed by atoms with E-state index in [4.69, 9.17) is 0 Å². The molecule has 6 heteroatoms. The fourth-order valence-corrected chi connectivity index (χ4v) is 1.71. The van der Waals surface area contributed by atoms with Gasteiger partial charge in [-0.05, 0) is 26.0 Å². The van der Waals surface area contributed by atoms with Crippen LogP contribution in [-0.4, -0.2) is 14.9 Å². The lowest BCUT2D eigenvalue weighted by atomic mass is 10.2. The van der Waals surface area contributed by atoms with Crippen LogP contribution in [0.1, 0.15) is 17.1 Å². The number of rotatable bonds is 4. The second-order valence-electron chi connectivity index (χ2n) is 4.21. The van der Waals surface area contributed by atoms with E-state index in [1.165, 1.54) is 6.07 Å². The molecule has 98 valence electrons. The maximum Gasteiger partial charge on any atom is 0.274 e. The second-order valence-corrected chi connectivity index (χ2v) is 4.21. The van der Waals surface area contributed by atoms with Crippen LogP contribution in [-0.2, 0) is 6.54 Å². The molecule has 0 aliphatic rings. The molecule has 0 saturated heterocycles. The molecule has 0 saturated carbocycles. The Morgan fingerprint density at radius 3 is 2.79 bits per heavy atom. The normalized spacial score (nSPS) is 10.2. The Hall–Kier alpha value is -2.50. The van der Waals surface area contributed by atoms with Gasteiger partial charge in [-0.25, -0.2) is 9.97 Å². The number of hydrogen-bond acceptors (Lipinski definition) is 5. The Morgan fingerprint density at radius 2 is 2.11 bits per heavy atom. The standard InChI is InChI=1S/C13H14N4O2/c1-9-3-4-11(7-13(9)17(18)19)15-8-12-5-6-14-10(2)16-12/h3-7,15H,8H2,1-2H3. The van der Waals surface area contributed by atoms with Crippen molar-refractivity contribution in [1.82, 2.24) is 9.97 Å². The van der Waals surface area contributed by atoms with Gasteiger partial charge in [0.2, 0.25) is 0 Å². The van der Waals surface area contributed by atoms with Gasteiger partial charge in [0.05, 0.1) is 17.2 Å². The lowest BCUT2D eigenvalue weighted by Crippen LogP contribution is -2.04. The van der Waals surface area contributed by atoms with Crippen molar-refractivity contribution in [3.05, 3.63) is 57.7 Å². The Morgan fingerprint density at radius 1 is 1.32 bits per heavy atom. The van der Waals surface area contributed by atoms with E-state index < -0.39 is 0 Å². The van der Waals surface area contributed by atoms with E-state index in [-0.39, 0.29) is 10.6 Å². The quantitative estimate of drug-likeness (QED) is 0.673. The number of nitro benzene ring substituents is 1. The van der Waals surface area contributed by atoms with Crippen LogP contribution in [0.5, 0.6) is 0 Å². The van der Waals surface area contributed by atoms with Crippen molar-refractivity contribution in [2.45, 2.75) is 20.4 Å². The van der Waals surface area contributed by atoms with Gasteiger partial charge in [0, 0.05) is 23.5 Å². The Bertz CT molecular complexity index is 613. The summed E-state index contributed by atoms with van der Waals surface area (Å²) in [7, 11) is 0. The molecule has 6 nitrogen and oxygen atoms in total. The second kappa shape index (κ2) is 5.43. The number of nitro groups is 1. The van der Waals surface area contributed by atoms with E-state index >= 15 is 0 Å². The van der Waals surface area contributed by atoms with Crippen LogP contribution >= 0.6 is 0 Å². The van der Waals surface area contributed by atoms with Gasteiger partial charge in [-0.1, -0.05) is 6.07 Å². The number of aryl methyl sites for hydroxylation is 2. The first-order valence-electron chi connectivity index (χ1n) is 5.83. The third-order valence-electron chi connectivity index (χ3n) is 2.71. The molecular formula is C13H14N4O2. The van der Waals surface area contributed by atoms with E-state index in [2.05, 4.69) is 15.3 Å². The van der Waals surface area contributed by atoms with Gasteiger partial charge in [-0.3, -0.25) is 10.1 Å². The predicted molar refractivity (Wildman–Crippen MR) is 71.9 cm³/mol. The molecule has 0 fully saturated rings. The third kappa shape index (κ3) is 3.25. The molecule has 0 amide bonds. The van der Waals surface area contributed by atoms with Crippen molar-refractivity contribution in [2.24, 2.45) is 0 Å². The van der Waals surface area contributed by atoms with Gasteiger partial charge >= 0.3 is 0 Å². The molecule has 1 N–H and O–H groups in total. The summed E-state index contributed by atoms with van der Waals surface area (Å²) in [4.78, 5) is 18.7. The van der Waals surface area contributed by atoms with Crippen molar-refractivity contribution < 1.29 is 4.92 Å². The summed E-state index contributed by atoms with van der Waals surface area (Å²) in [5, 5.41) is 14.0. The molecule has 0 spiro atoms. The first kappa shape index (κ1) is 12.9. The zero-order chi connectivity index (χ0) is 13.8. The van der Waals surface area contributed by atoms with E-state index in [9.17, 15) is 10.1 Å². The highest BCUT2D eigenvalue weighted by atomic mass is 16.6. The van der Waals surface area contributed by atoms with Crippen molar-refractivity contribution in [3.8, 4) is 0 Å². The van der Waals surface area contributed by atoms with Crippen LogP contribution in [0.15, 0.2) is 30.5 Å². The van der Waals surface area contributed by atoms with Gasteiger partial charge in [-0.15, -0.1) is 0 Å². The highest BCUT2D eigenvalue weighted by molar-refractivity contribution is 5.54. The number of aromatic nitrogens is 2. The van der Waals surface area contributed by atoms with E-state index in [1.54, 1.807) is 19.2 Å². The molecule has 0 bridgehead atoms. The largest absolute Gasteiger partial charge is 0.379 e. The molecule has 0 unspecified atom stereocenters. The first-order valence-corrected chi connectivity index (χ1v) is 5.83. The summed E-state index contributed by atoms with van der Waals surface area (Å²) in [5.41, 5.74) is 2.31. The zero-order valence-electron chi connectivity index (χ0n) is 10.8. The van der Waals surface area contributed by atoms with Crippen molar-refractivity contribution in [1.29, 1.82) is 0 Å². The Labute approximate surface area is 110 Å². The lowest BCUT2D eigenvalue weighted by molar-refractivity contribution is -0.385. The van der Waals surface area contributed by atoms with Crippen LogP contribution in [0, 0.1) is 24.0 Å². The average molecular weight is 258 g/mol. The molecular weight excluding hydrogens is 244 g/mol. The monoisotopic (exact) mass is 258 g/mol. The molecule has 2 aromatic rings. The number of hydrogen-bond donors (Lipinski definition) is 1. The van der Waals surface area contributed by atoms with Crippen molar-refractivity contribution in [2.75, 3.05) is 5.32 Å². The molecule has 2 rings (SSSR count). The zero-order valence-corrected chi connectivity index (χ0v) is 10.8. The third-order valence-corrected chi connectivity index (χ3v) is 2.71. The topological polar surface area (TPSA) is 81.0 Å². The van der Waals surface area contributed by atoms with Crippen molar-refractivity contribution >= 4 is 11.4 Å². The summed E-state index contributed by atoms with van der Waals surface area (Å²) in [6.45, 7) is 4.04. The minimum atomic E-state index is -0.380. The highest BCUT2D eigenvalue weighted by Crippen LogP contribution is 2.22. The van der Waals surface area contributed by atoms with E-state index in [0.29, 0.717) is 23.6 Å². The highest BCUT2D eigenvalue weighted by Gasteiger charge is 2.10. The fraction of sp³-hybridized carbons (Fsp3) is 0.231. The lowest BCUT2D eigenvalue weighted by Gasteiger charge is -2.07. The van der Waals surface area contributed by atoms with Gasteiger partial charge in [-0.2, -0.15) is 0 Å². The summed E-state index contributed by atoms with van der Waals surface area (Å²) < 4.78 is 0. The summed E-state index contributed by atoms with van der Waals surface area (Å²) >= 11 is 0. The van der Waals surface area contributed by atoms with Crippen LogP contribution in [0.4, 0.5) is 11.4 Å². The minimum absolute atomic E-state index is 0.115. The molecule has 1 aromatic carbocycles. The van der Waals surface area contributed by atoms with Gasteiger partial charge in [0.25, 0.3) is 5.69 Å². The fourth-order valence-electron chi connectivity index (χ4n) is 1.71. The van der Waals surface area contributed by atoms with Crippen LogP contribution in [0.25, 0.3) is 0 Å². The van der Waals surface area contributed by atoms with Gasteiger partial charge in [0.15, 0.2) is 0 Å². The molecule has 0 aliphatic heterocycles. The number of nitrogens with one attached hydrogen (secondary N) is 1. The molecule has 19 heavy (non-hydrogen) atoms. The molecule has 1 aromatic heterocycles. The van der Waals surface area contributed by atoms with E-state index in [0.717, 1.165) is 5.69 Å². The summed E-state index contributed by atoms with van der Waals surface area (Å²) in [6.07, 6.45) is 1.69. The average Bonchev–Trinajstić information content (AvgIpc) is 2.37. The minimum Gasteiger partial charge on any atom is -0.379 e. The smallest absolute Gasteiger partial charge is 0.274 e. The number of anilines is 1. The SMILES string of the molecule is Cc1nccc(CNc2ccc(C)c([N+](=O)[O-])c2)n1. The van der Waals surface area contributed by atoms with Gasteiger partial charge < -0.3 is 5.32 Å². The summed E-state index contributed by atoms with van der Waals surface area (Å²) in [5.74, 6) is 0.703. The Balaban J connectivity index is 2.12. The van der Waals surface area contributed by atoms with Crippen molar-refractivity contribution in [3.63, 3.8) is 0 Å². The molecule has 0 radical (unpaired) electrons. The molecule has 0 atom stereocenters. The predicted octanol–water partition coefficient (Wildman–Crippen LogP) is 2.61. The molecule has 0 aliphatic carbocycles. The van der Waals surface area contributed by atoms with Crippen LogP contribution in [0.2, 0.25) is 0 Å².